The first-order valence-electron chi connectivity index (χ1n) is 7.33. The van der Waals surface area contributed by atoms with Crippen molar-refractivity contribution in [3.8, 4) is 22.9 Å². The molecule has 0 spiro atoms. The molecule has 0 fully saturated rings. The summed E-state index contributed by atoms with van der Waals surface area (Å²) in [5.41, 5.74) is 10.0. The summed E-state index contributed by atoms with van der Waals surface area (Å²) in [4.78, 5) is 0. The molecule has 0 saturated heterocycles. The Morgan fingerprint density at radius 1 is 0.870 bits per heavy atom. The van der Waals surface area contributed by atoms with Crippen LogP contribution in [0.2, 0.25) is 0 Å². The van der Waals surface area contributed by atoms with Crippen molar-refractivity contribution in [3.63, 3.8) is 0 Å². The Bertz CT molecular complexity index is 834. The molecule has 3 rings (SSSR count). The summed E-state index contributed by atoms with van der Waals surface area (Å²) >= 11 is 0. The second-order valence-electron chi connectivity index (χ2n) is 5.21. The van der Waals surface area contributed by atoms with E-state index in [2.05, 4.69) is 6.07 Å². The van der Waals surface area contributed by atoms with E-state index in [1.54, 1.807) is 6.07 Å². The van der Waals surface area contributed by atoms with Crippen molar-refractivity contribution in [2.24, 2.45) is 0 Å². The SMILES string of the molecule is N#Cc1ccc(-c2ccc(OCc3ccccc3)cc2)cc1N. The number of rotatable bonds is 4. The molecule has 0 aromatic heterocycles. The molecule has 0 atom stereocenters. The maximum absolute atomic E-state index is 8.92. The van der Waals surface area contributed by atoms with Gasteiger partial charge < -0.3 is 10.5 Å². The second-order valence-corrected chi connectivity index (χ2v) is 5.21. The summed E-state index contributed by atoms with van der Waals surface area (Å²) in [6.45, 7) is 0.546. The van der Waals surface area contributed by atoms with E-state index in [0.717, 1.165) is 22.4 Å². The van der Waals surface area contributed by atoms with Gasteiger partial charge in [0, 0.05) is 0 Å². The summed E-state index contributed by atoms with van der Waals surface area (Å²) in [6, 6.07) is 25.4. The summed E-state index contributed by atoms with van der Waals surface area (Å²) in [6.07, 6.45) is 0. The molecule has 3 aromatic rings. The number of benzene rings is 3. The highest BCUT2D eigenvalue weighted by atomic mass is 16.5. The van der Waals surface area contributed by atoms with Crippen LogP contribution in [0.5, 0.6) is 5.75 Å². The molecule has 3 aromatic carbocycles. The van der Waals surface area contributed by atoms with E-state index in [1.165, 1.54) is 0 Å². The third-order valence-electron chi connectivity index (χ3n) is 3.61. The molecule has 0 bridgehead atoms. The molecule has 0 unspecified atom stereocenters. The van der Waals surface area contributed by atoms with Crippen LogP contribution in [-0.2, 0) is 6.61 Å². The number of nitriles is 1. The van der Waals surface area contributed by atoms with Crippen molar-refractivity contribution < 1.29 is 4.74 Å². The lowest BCUT2D eigenvalue weighted by Gasteiger charge is -2.08. The molecule has 0 aliphatic rings. The van der Waals surface area contributed by atoms with Gasteiger partial charge in [0.15, 0.2) is 0 Å². The van der Waals surface area contributed by atoms with Gasteiger partial charge in [-0.25, -0.2) is 0 Å². The van der Waals surface area contributed by atoms with Gasteiger partial charge in [-0.3, -0.25) is 0 Å². The number of anilines is 1. The van der Waals surface area contributed by atoms with E-state index in [9.17, 15) is 0 Å². The average Bonchev–Trinajstić information content (AvgIpc) is 2.61. The quantitative estimate of drug-likeness (QED) is 0.727. The maximum atomic E-state index is 8.92. The molecule has 112 valence electrons. The van der Waals surface area contributed by atoms with Crippen molar-refractivity contribution >= 4 is 5.69 Å². The fourth-order valence-corrected chi connectivity index (χ4v) is 2.33. The molecule has 0 saturated carbocycles. The van der Waals surface area contributed by atoms with Crippen LogP contribution >= 0.6 is 0 Å². The van der Waals surface area contributed by atoms with Crippen molar-refractivity contribution in [3.05, 3.63) is 83.9 Å². The van der Waals surface area contributed by atoms with Crippen LogP contribution < -0.4 is 10.5 Å². The number of hydrogen-bond donors (Lipinski definition) is 1. The summed E-state index contributed by atoms with van der Waals surface area (Å²) in [5.74, 6) is 0.819. The number of nitrogen functional groups attached to an aromatic ring is 1. The van der Waals surface area contributed by atoms with E-state index in [1.807, 2.05) is 66.7 Å². The first kappa shape index (κ1) is 14.7. The zero-order chi connectivity index (χ0) is 16.1. The lowest BCUT2D eigenvalue weighted by atomic mass is 10.0. The van der Waals surface area contributed by atoms with Gasteiger partial charge in [0.1, 0.15) is 18.4 Å². The molecule has 0 amide bonds. The molecule has 0 heterocycles. The van der Waals surface area contributed by atoms with Crippen LogP contribution in [0.3, 0.4) is 0 Å². The summed E-state index contributed by atoms with van der Waals surface area (Å²) < 4.78 is 5.78. The zero-order valence-corrected chi connectivity index (χ0v) is 12.6. The Balaban J connectivity index is 1.72. The van der Waals surface area contributed by atoms with Gasteiger partial charge in [0.05, 0.1) is 11.3 Å². The maximum Gasteiger partial charge on any atom is 0.119 e. The van der Waals surface area contributed by atoms with Crippen LogP contribution in [0.1, 0.15) is 11.1 Å². The smallest absolute Gasteiger partial charge is 0.119 e. The van der Waals surface area contributed by atoms with E-state index in [-0.39, 0.29) is 0 Å². The van der Waals surface area contributed by atoms with Gasteiger partial charge in [-0.05, 0) is 41.0 Å². The minimum absolute atomic E-state index is 0.495. The Kier molecular flexibility index (Phi) is 4.26. The van der Waals surface area contributed by atoms with Crippen molar-refractivity contribution in [2.45, 2.75) is 6.61 Å². The normalized spacial score (nSPS) is 10.0. The zero-order valence-electron chi connectivity index (χ0n) is 12.6. The van der Waals surface area contributed by atoms with E-state index >= 15 is 0 Å². The van der Waals surface area contributed by atoms with Crippen LogP contribution in [-0.4, -0.2) is 0 Å². The van der Waals surface area contributed by atoms with Gasteiger partial charge in [-0.15, -0.1) is 0 Å². The molecule has 0 aliphatic heterocycles. The Morgan fingerprint density at radius 3 is 2.22 bits per heavy atom. The van der Waals surface area contributed by atoms with Gasteiger partial charge in [-0.2, -0.15) is 5.26 Å². The highest BCUT2D eigenvalue weighted by Gasteiger charge is 2.03. The number of ether oxygens (including phenoxy) is 1. The third kappa shape index (κ3) is 3.50. The fourth-order valence-electron chi connectivity index (χ4n) is 2.33. The predicted molar refractivity (Wildman–Crippen MR) is 91.8 cm³/mol. The highest BCUT2D eigenvalue weighted by Crippen LogP contribution is 2.26. The molecule has 0 aliphatic carbocycles. The monoisotopic (exact) mass is 300 g/mol. The standard InChI is InChI=1S/C20H16N2O/c21-13-18-7-6-17(12-20(18)22)16-8-10-19(11-9-16)23-14-15-4-2-1-3-5-15/h1-12H,14,22H2. The van der Waals surface area contributed by atoms with Crippen LogP contribution in [0.25, 0.3) is 11.1 Å². The van der Waals surface area contributed by atoms with E-state index < -0.39 is 0 Å². The van der Waals surface area contributed by atoms with Crippen LogP contribution in [0, 0.1) is 11.3 Å². The fraction of sp³-hybridized carbons (Fsp3) is 0.0500. The topological polar surface area (TPSA) is 59.0 Å². The first-order valence-corrected chi connectivity index (χ1v) is 7.33. The second kappa shape index (κ2) is 6.67. The number of hydrogen-bond acceptors (Lipinski definition) is 3. The van der Waals surface area contributed by atoms with Crippen LogP contribution in [0.15, 0.2) is 72.8 Å². The van der Waals surface area contributed by atoms with Crippen molar-refractivity contribution in [2.75, 3.05) is 5.73 Å². The van der Waals surface area contributed by atoms with Gasteiger partial charge in [-0.1, -0.05) is 48.5 Å². The molecule has 3 nitrogen and oxygen atoms in total. The average molecular weight is 300 g/mol. The minimum Gasteiger partial charge on any atom is -0.489 e. The Hall–Kier alpha value is -3.25. The van der Waals surface area contributed by atoms with E-state index in [4.69, 9.17) is 15.7 Å². The first-order chi connectivity index (χ1) is 11.3. The molecule has 3 heteroatoms. The molecular formula is C20H16N2O. The van der Waals surface area contributed by atoms with Gasteiger partial charge in [0.25, 0.3) is 0 Å². The van der Waals surface area contributed by atoms with Crippen LogP contribution in [0.4, 0.5) is 5.69 Å². The lowest BCUT2D eigenvalue weighted by molar-refractivity contribution is 0.306. The molecule has 2 N–H and O–H groups in total. The number of nitrogens with zero attached hydrogens (tertiary/aromatic N) is 1. The molecule has 23 heavy (non-hydrogen) atoms. The Labute approximate surface area is 135 Å². The summed E-state index contributed by atoms with van der Waals surface area (Å²) in [7, 11) is 0. The minimum atomic E-state index is 0.495. The molecular weight excluding hydrogens is 284 g/mol. The highest BCUT2D eigenvalue weighted by molar-refractivity contribution is 5.71. The summed E-state index contributed by atoms with van der Waals surface area (Å²) in [5, 5.41) is 8.92. The Morgan fingerprint density at radius 2 is 1.57 bits per heavy atom. The van der Waals surface area contributed by atoms with Gasteiger partial charge >= 0.3 is 0 Å². The van der Waals surface area contributed by atoms with Gasteiger partial charge in [0.2, 0.25) is 0 Å². The largest absolute Gasteiger partial charge is 0.489 e. The number of nitrogens with two attached hydrogens (primary N) is 1. The molecule has 0 radical (unpaired) electrons. The predicted octanol–water partition coefficient (Wildman–Crippen LogP) is 4.39. The van der Waals surface area contributed by atoms with E-state index in [0.29, 0.717) is 17.9 Å². The lowest BCUT2D eigenvalue weighted by Crippen LogP contribution is -1.95. The third-order valence-corrected chi connectivity index (χ3v) is 3.61. The van der Waals surface area contributed by atoms with Crippen molar-refractivity contribution in [1.82, 2.24) is 0 Å². The van der Waals surface area contributed by atoms with Crippen molar-refractivity contribution in [1.29, 1.82) is 5.26 Å².